The molecule has 2 rings (SSSR count). The Morgan fingerprint density at radius 1 is 1.10 bits per heavy atom. The number of anilines is 1. The number of hydrogen-bond donors (Lipinski definition) is 1. The molecular weight excluding hydrogens is 384 g/mol. The Labute approximate surface area is 167 Å². The number of rotatable bonds is 9. The van der Waals surface area contributed by atoms with Crippen LogP contribution in [0.2, 0.25) is 0 Å². The van der Waals surface area contributed by atoms with E-state index in [1.165, 1.54) is 37.3 Å². The second-order valence-corrected chi connectivity index (χ2v) is 5.78. The largest absolute Gasteiger partial charge is 0.492 e. The Morgan fingerprint density at radius 2 is 1.79 bits per heavy atom. The van der Waals surface area contributed by atoms with Crippen LogP contribution in [0.1, 0.15) is 19.4 Å². The summed E-state index contributed by atoms with van der Waals surface area (Å²) in [5.41, 5.74) is 1.05. The molecule has 0 aliphatic heterocycles. The zero-order chi connectivity index (χ0) is 21.2. The van der Waals surface area contributed by atoms with Crippen molar-refractivity contribution in [3.05, 3.63) is 60.2 Å². The van der Waals surface area contributed by atoms with Crippen LogP contribution in [0.25, 0.3) is 6.08 Å². The SMILES string of the molecule is CCOc1ccccc1NC(=O)[C@H](C)OC(=O)/C=C/c1ccc(OC(F)F)cc1. The van der Waals surface area contributed by atoms with Crippen LogP contribution in [0, 0.1) is 0 Å². The summed E-state index contributed by atoms with van der Waals surface area (Å²) in [6, 6.07) is 12.6. The highest BCUT2D eigenvalue weighted by atomic mass is 19.3. The van der Waals surface area contributed by atoms with E-state index >= 15 is 0 Å². The van der Waals surface area contributed by atoms with Gasteiger partial charge in [0.1, 0.15) is 11.5 Å². The van der Waals surface area contributed by atoms with Crippen molar-refractivity contribution in [2.75, 3.05) is 11.9 Å². The lowest BCUT2D eigenvalue weighted by atomic mass is 10.2. The molecule has 0 saturated heterocycles. The van der Waals surface area contributed by atoms with Gasteiger partial charge in [-0.3, -0.25) is 4.79 Å². The molecule has 0 spiro atoms. The summed E-state index contributed by atoms with van der Waals surface area (Å²) >= 11 is 0. The average Bonchev–Trinajstić information content (AvgIpc) is 2.68. The predicted molar refractivity (Wildman–Crippen MR) is 104 cm³/mol. The van der Waals surface area contributed by atoms with Gasteiger partial charge in [-0.25, -0.2) is 4.79 Å². The topological polar surface area (TPSA) is 73.9 Å². The standard InChI is InChI=1S/C21H21F2NO5/c1-3-27-18-7-5-4-6-17(18)24-20(26)14(2)28-19(25)13-10-15-8-11-16(12-9-15)29-21(22)23/h4-14,21H,3H2,1-2H3,(H,24,26)/b13-10+/t14-/m0/s1. The Hall–Kier alpha value is -3.42. The highest BCUT2D eigenvalue weighted by Crippen LogP contribution is 2.24. The van der Waals surface area contributed by atoms with Gasteiger partial charge in [0, 0.05) is 6.08 Å². The smallest absolute Gasteiger partial charge is 0.387 e. The number of amides is 1. The number of benzene rings is 2. The van der Waals surface area contributed by atoms with Gasteiger partial charge in [0.2, 0.25) is 0 Å². The van der Waals surface area contributed by atoms with Gasteiger partial charge in [-0.15, -0.1) is 0 Å². The molecule has 1 amide bonds. The summed E-state index contributed by atoms with van der Waals surface area (Å²) in [5.74, 6) is -0.704. The predicted octanol–water partition coefficient (Wildman–Crippen LogP) is 4.27. The highest BCUT2D eigenvalue weighted by molar-refractivity contribution is 5.97. The van der Waals surface area contributed by atoms with E-state index in [9.17, 15) is 18.4 Å². The Kier molecular flexibility index (Phi) is 8.14. The zero-order valence-electron chi connectivity index (χ0n) is 15.9. The molecule has 0 saturated carbocycles. The number of carbonyl (C=O) groups excluding carboxylic acids is 2. The third-order valence-corrected chi connectivity index (χ3v) is 3.62. The molecule has 0 fully saturated rings. The van der Waals surface area contributed by atoms with Crippen molar-refractivity contribution in [3.63, 3.8) is 0 Å². The molecule has 0 unspecified atom stereocenters. The first kappa shape index (κ1) is 21.9. The molecule has 154 valence electrons. The van der Waals surface area contributed by atoms with Crippen molar-refractivity contribution in [1.29, 1.82) is 0 Å². The van der Waals surface area contributed by atoms with Crippen LogP contribution >= 0.6 is 0 Å². The maximum atomic E-state index is 12.3. The second-order valence-electron chi connectivity index (χ2n) is 5.78. The molecule has 0 aliphatic carbocycles. The fraction of sp³-hybridized carbons (Fsp3) is 0.238. The van der Waals surface area contributed by atoms with E-state index in [0.29, 0.717) is 23.6 Å². The van der Waals surface area contributed by atoms with Crippen molar-refractivity contribution >= 4 is 23.6 Å². The Morgan fingerprint density at radius 3 is 2.45 bits per heavy atom. The van der Waals surface area contributed by atoms with E-state index in [-0.39, 0.29) is 5.75 Å². The number of para-hydroxylation sites is 2. The van der Waals surface area contributed by atoms with Crippen molar-refractivity contribution in [2.24, 2.45) is 0 Å². The minimum absolute atomic E-state index is 0.0114. The van der Waals surface area contributed by atoms with Gasteiger partial charge >= 0.3 is 12.6 Å². The van der Waals surface area contributed by atoms with E-state index in [1.54, 1.807) is 24.3 Å². The summed E-state index contributed by atoms with van der Waals surface area (Å²) in [6.45, 7) is 0.812. The quantitative estimate of drug-likeness (QED) is 0.498. The van der Waals surface area contributed by atoms with Crippen molar-refractivity contribution < 1.29 is 32.6 Å². The van der Waals surface area contributed by atoms with Crippen LogP contribution in [0.5, 0.6) is 11.5 Å². The van der Waals surface area contributed by atoms with Crippen molar-refractivity contribution in [2.45, 2.75) is 26.6 Å². The normalized spacial score (nSPS) is 11.9. The molecule has 0 aromatic heterocycles. The Bertz CT molecular complexity index is 852. The highest BCUT2D eigenvalue weighted by Gasteiger charge is 2.18. The first-order chi connectivity index (χ1) is 13.9. The van der Waals surface area contributed by atoms with Crippen LogP contribution in [0.15, 0.2) is 54.6 Å². The summed E-state index contributed by atoms with van der Waals surface area (Å²) in [5, 5.41) is 2.66. The van der Waals surface area contributed by atoms with Crippen LogP contribution in [0.4, 0.5) is 14.5 Å². The number of ether oxygens (including phenoxy) is 3. The summed E-state index contributed by atoms with van der Waals surface area (Å²) in [6.07, 6.45) is 1.54. The first-order valence-corrected chi connectivity index (χ1v) is 8.85. The van der Waals surface area contributed by atoms with Gasteiger partial charge in [0.05, 0.1) is 12.3 Å². The molecule has 6 nitrogen and oxygen atoms in total. The molecule has 8 heteroatoms. The summed E-state index contributed by atoms with van der Waals surface area (Å²) in [4.78, 5) is 24.2. The molecule has 2 aromatic rings. The van der Waals surface area contributed by atoms with Crippen molar-refractivity contribution in [1.82, 2.24) is 0 Å². The lowest BCUT2D eigenvalue weighted by Crippen LogP contribution is -2.29. The van der Waals surface area contributed by atoms with Gasteiger partial charge in [-0.2, -0.15) is 8.78 Å². The van der Waals surface area contributed by atoms with Gasteiger partial charge in [0.25, 0.3) is 5.91 Å². The van der Waals surface area contributed by atoms with Crippen LogP contribution in [-0.2, 0) is 14.3 Å². The average molecular weight is 405 g/mol. The minimum Gasteiger partial charge on any atom is -0.492 e. The number of carbonyl (C=O) groups is 2. The maximum Gasteiger partial charge on any atom is 0.387 e. The maximum absolute atomic E-state index is 12.3. The van der Waals surface area contributed by atoms with Crippen molar-refractivity contribution in [3.8, 4) is 11.5 Å². The third kappa shape index (κ3) is 7.25. The molecule has 2 aromatic carbocycles. The van der Waals surface area contributed by atoms with Crippen LogP contribution in [-0.4, -0.2) is 31.2 Å². The first-order valence-electron chi connectivity index (χ1n) is 8.85. The lowest BCUT2D eigenvalue weighted by molar-refractivity contribution is -0.148. The molecule has 0 radical (unpaired) electrons. The van der Waals surface area contributed by atoms with E-state index < -0.39 is 24.6 Å². The Balaban J connectivity index is 1.89. The van der Waals surface area contributed by atoms with E-state index in [4.69, 9.17) is 9.47 Å². The van der Waals surface area contributed by atoms with Crippen LogP contribution in [0.3, 0.4) is 0 Å². The number of nitrogens with one attached hydrogen (secondary N) is 1. The van der Waals surface area contributed by atoms with Gasteiger partial charge in [0.15, 0.2) is 6.10 Å². The fourth-order valence-corrected chi connectivity index (χ4v) is 2.28. The van der Waals surface area contributed by atoms with Gasteiger partial charge in [-0.05, 0) is 49.8 Å². The van der Waals surface area contributed by atoms with E-state index in [2.05, 4.69) is 10.1 Å². The monoisotopic (exact) mass is 405 g/mol. The minimum atomic E-state index is -2.90. The van der Waals surface area contributed by atoms with Crippen LogP contribution < -0.4 is 14.8 Å². The molecule has 0 aliphatic rings. The fourth-order valence-electron chi connectivity index (χ4n) is 2.28. The number of hydrogen-bond acceptors (Lipinski definition) is 5. The van der Waals surface area contributed by atoms with E-state index in [1.807, 2.05) is 6.92 Å². The lowest BCUT2D eigenvalue weighted by Gasteiger charge is -2.15. The van der Waals surface area contributed by atoms with Gasteiger partial charge < -0.3 is 19.5 Å². The molecular formula is C21H21F2NO5. The second kappa shape index (κ2) is 10.8. The summed E-state index contributed by atoms with van der Waals surface area (Å²) in [7, 11) is 0. The summed E-state index contributed by atoms with van der Waals surface area (Å²) < 4.78 is 39.0. The third-order valence-electron chi connectivity index (χ3n) is 3.62. The zero-order valence-corrected chi connectivity index (χ0v) is 15.9. The van der Waals surface area contributed by atoms with Gasteiger partial charge in [-0.1, -0.05) is 24.3 Å². The number of halogens is 2. The molecule has 0 bridgehead atoms. The van der Waals surface area contributed by atoms with E-state index in [0.717, 1.165) is 6.08 Å². The molecule has 1 N–H and O–H groups in total. The number of alkyl halides is 2. The number of esters is 1. The molecule has 29 heavy (non-hydrogen) atoms. The molecule has 1 atom stereocenters. The molecule has 0 heterocycles.